The molecule has 1 saturated heterocycles. The first-order chi connectivity index (χ1) is 7.80. The number of carbonyl (C=O) groups is 4. The summed E-state index contributed by atoms with van der Waals surface area (Å²) in [6.45, 7) is 4.56. The summed E-state index contributed by atoms with van der Waals surface area (Å²) in [6, 6.07) is -0.856. The molecule has 5 amide bonds. The van der Waals surface area contributed by atoms with Gasteiger partial charge in [0.1, 0.15) is 12.0 Å². The number of nitrogens with zero attached hydrogens (tertiary/aromatic N) is 1. The fourth-order valence-corrected chi connectivity index (χ4v) is 1.39. The van der Waals surface area contributed by atoms with Gasteiger partial charge in [0.05, 0.1) is 0 Å². The van der Waals surface area contributed by atoms with E-state index in [-0.39, 0.29) is 6.54 Å². The molecule has 1 rings (SSSR count). The van der Waals surface area contributed by atoms with Gasteiger partial charge >= 0.3 is 6.03 Å². The minimum absolute atomic E-state index is 0.380. The minimum Gasteiger partial charge on any atom is -0.355 e. The lowest BCUT2D eigenvalue weighted by Gasteiger charge is -2.34. The van der Waals surface area contributed by atoms with Crippen molar-refractivity contribution in [1.29, 1.82) is 0 Å². The summed E-state index contributed by atoms with van der Waals surface area (Å²) in [5.41, 5.74) is -1.33. The summed E-state index contributed by atoms with van der Waals surface area (Å²) in [5.74, 6) is -1.77. The highest BCUT2D eigenvalue weighted by atomic mass is 16.2. The Balaban J connectivity index is 2.85. The van der Waals surface area contributed by atoms with Crippen LogP contribution in [0.1, 0.15) is 20.8 Å². The van der Waals surface area contributed by atoms with E-state index in [1.807, 2.05) is 5.32 Å². The van der Waals surface area contributed by atoms with Gasteiger partial charge in [-0.3, -0.25) is 24.6 Å². The average molecular weight is 241 g/mol. The van der Waals surface area contributed by atoms with Gasteiger partial charge in [-0.05, 0) is 20.8 Å². The van der Waals surface area contributed by atoms with Gasteiger partial charge in [-0.15, -0.1) is 0 Å². The standard InChI is InChI=1S/C10H15N3O4/c1-4-11-6(14)5-13-8(16)10(2,3)7(15)12-9(13)17/h4-5H2,1-3H3,(H,11,14)(H,12,15,17). The van der Waals surface area contributed by atoms with Crippen LogP contribution in [0.2, 0.25) is 0 Å². The number of carbonyl (C=O) groups excluding carboxylic acids is 4. The van der Waals surface area contributed by atoms with Crippen molar-refractivity contribution < 1.29 is 19.2 Å². The third-order valence-electron chi connectivity index (χ3n) is 2.49. The van der Waals surface area contributed by atoms with Crippen LogP contribution < -0.4 is 10.6 Å². The third-order valence-corrected chi connectivity index (χ3v) is 2.49. The Morgan fingerprint density at radius 1 is 1.35 bits per heavy atom. The number of nitrogens with one attached hydrogen (secondary N) is 2. The highest BCUT2D eigenvalue weighted by Gasteiger charge is 2.47. The molecule has 1 aliphatic heterocycles. The van der Waals surface area contributed by atoms with E-state index in [9.17, 15) is 19.2 Å². The van der Waals surface area contributed by atoms with Crippen molar-refractivity contribution in [2.45, 2.75) is 20.8 Å². The first-order valence-electron chi connectivity index (χ1n) is 5.24. The van der Waals surface area contributed by atoms with Crippen molar-refractivity contribution in [2.24, 2.45) is 5.41 Å². The topological polar surface area (TPSA) is 95.6 Å². The van der Waals surface area contributed by atoms with Crippen LogP contribution in [0.15, 0.2) is 0 Å². The molecule has 1 aliphatic rings. The molecule has 1 fully saturated rings. The minimum atomic E-state index is -1.33. The van der Waals surface area contributed by atoms with Crippen molar-refractivity contribution in [3.8, 4) is 0 Å². The largest absolute Gasteiger partial charge is 0.355 e. The number of barbiturate groups is 1. The zero-order valence-corrected chi connectivity index (χ0v) is 9.99. The average Bonchev–Trinajstić information content (AvgIpc) is 2.23. The van der Waals surface area contributed by atoms with Crippen molar-refractivity contribution in [1.82, 2.24) is 15.5 Å². The fraction of sp³-hybridized carbons (Fsp3) is 0.600. The number of likely N-dealkylation sites (N-methyl/N-ethyl adjacent to an activating group) is 1. The van der Waals surface area contributed by atoms with Crippen LogP contribution in [0.25, 0.3) is 0 Å². The predicted molar refractivity (Wildman–Crippen MR) is 57.7 cm³/mol. The summed E-state index contributed by atoms with van der Waals surface area (Å²) in [5, 5.41) is 4.52. The number of hydrogen-bond acceptors (Lipinski definition) is 4. The molecule has 0 unspecified atom stereocenters. The van der Waals surface area contributed by atoms with E-state index in [2.05, 4.69) is 5.32 Å². The Bertz CT molecular complexity index is 389. The van der Waals surface area contributed by atoms with E-state index in [0.717, 1.165) is 4.90 Å². The van der Waals surface area contributed by atoms with Crippen LogP contribution in [0.4, 0.5) is 4.79 Å². The molecule has 0 bridgehead atoms. The maximum atomic E-state index is 11.9. The monoisotopic (exact) mass is 241 g/mol. The SMILES string of the molecule is CCNC(=O)CN1C(=O)NC(=O)C(C)(C)C1=O. The summed E-state index contributed by atoms with van der Waals surface area (Å²) in [6.07, 6.45) is 0. The fourth-order valence-electron chi connectivity index (χ4n) is 1.39. The van der Waals surface area contributed by atoms with Gasteiger partial charge in [0, 0.05) is 6.54 Å². The number of rotatable bonds is 3. The molecule has 0 spiro atoms. The second kappa shape index (κ2) is 4.52. The van der Waals surface area contributed by atoms with Crippen LogP contribution >= 0.6 is 0 Å². The summed E-state index contributed by atoms with van der Waals surface area (Å²) in [7, 11) is 0. The quantitative estimate of drug-likeness (QED) is 0.634. The van der Waals surface area contributed by atoms with Gasteiger partial charge in [-0.2, -0.15) is 0 Å². The zero-order valence-electron chi connectivity index (χ0n) is 9.99. The van der Waals surface area contributed by atoms with E-state index in [0.29, 0.717) is 6.54 Å². The molecule has 7 nitrogen and oxygen atoms in total. The van der Waals surface area contributed by atoms with Crippen LogP contribution in [-0.2, 0) is 14.4 Å². The summed E-state index contributed by atoms with van der Waals surface area (Å²) in [4.78, 5) is 46.8. The zero-order chi connectivity index (χ0) is 13.2. The smallest absolute Gasteiger partial charge is 0.331 e. The van der Waals surface area contributed by atoms with Crippen LogP contribution in [0.5, 0.6) is 0 Å². The Morgan fingerprint density at radius 3 is 2.47 bits per heavy atom. The van der Waals surface area contributed by atoms with Crippen molar-refractivity contribution in [3.05, 3.63) is 0 Å². The van der Waals surface area contributed by atoms with E-state index < -0.39 is 29.2 Å². The Hall–Kier alpha value is -1.92. The Kier molecular flexibility index (Phi) is 3.50. The lowest BCUT2D eigenvalue weighted by molar-refractivity contribution is -0.150. The molecule has 0 aromatic carbocycles. The Labute approximate surface area is 98.5 Å². The second-order valence-electron chi connectivity index (χ2n) is 4.23. The lowest BCUT2D eigenvalue weighted by Crippen LogP contribution is -2.63. The van der Waals surface area contributed by atoms with Crippen LogP contribution in [0, 0.1) is 5.41 Å². The molecule has 94 valence electrons. The molecule has 0 aliphatic carbocycles. The number of urea groups is 1. The molecule has 17 heavy (non-hydrogen) atoms. The van der Waals surface area contributed by atoms with E-state index >= 15 is 0 Å². The van der Waals surface area contributed by atoms with Gasteiger partial charge in [0.2, 0.25) is 17.7 Å². The molecule has 2 N–H and O–H groups in total. The normalized spacial score (nSPS) is 19.0. The maximum absolute atomic E-state index is 11.9. The van der Waals surface area contributed by atoms with Gasteiger partial charge < -0.3 is 5.32 Å². The van der Waals surface area contributed by atoms with Crippen molar-refractivity contribution in [3.63, 3.8) is 0 Å². The summed E-state index contributed by atoms with van der Waals surface area (Å²) < 4.78 is 0. The second-order valence-corrected chi connectivity index (χ2v) is 4.23. The van der Waals surface area contributed by atoms with Crippen LogP contribution in [-0.4, -0.2) is 41.7 Å². The first-order valence-corrected chi connectivity index (χ1v) is 5.24. The molecular formula is C10H15N3O4. The molecule has 0 aromatic heterocycles. The third kappa shape index (κ3) is 2.43. The molecule has 1 heterocycles. The predicted octanol–water partition coefficient (Wildman–Crippen LogP) is -0.773. The molecule has 0 aromatic rings. The highest BCUT2D eigenvalue weighted by molar-refractivity contribution is 6.19. The van der Waals surface area contributed by atoms with Crippen molar-refractivity contribution >= 4 is 23.8 Å². The molecule has 0 atom stereocenters. The number of imide groups is 2. The van der Waals surface area contributed by atoms with Gasteiger partial charge in [-0.1, -0.05) is 0 Å². The molecule has 0 saturated carbocycles. The molecular weight excluding hydrogens is 226 g/mol. The molecule has 0 radical (unpaired) electrons. The van der Waals surface area contributed by atoms with Gasteiger partial charge in [0.15, 0.2) is 0 Å². The highest BCUT2D eigenvalue weighted by Crippen LogP contribution is 2.22. The van der Waals surface area contributed by atoms with E-state index in [1.54, 1.807) is 6.92 Å². The van der Waals surface area contributed by atoms with Gasteiger partial charge in [0.25, 0.3) is 0 Å². The van der Waals surface area contributed by atoms with Crippen molar-refractivity contribution in [2.75, 3.05) is 13.1 Å². The number of hydrogen-bond donors (Lipinski definition) is 2. The van der Waals surface area contributed by atoms with Gasteiger partial charge in [-0.25, -0.2) is 4.79 Å². The van der Waals surface area contributed by atoms with Crippen LogP contribution in [0.3, 0.4) is 0 Å². The maximum Gasteiger partial charge on any atom is 0.331 e. The number of amides is 5. The van der Waals surface area contributed by atoms with E-state index in [4.69, 9.17) is 0 Å². The summed E-state index contributed by atoms with van der Waals surface area (Å²) >= 11 is 0. The molecule has 7 heteroatoms. The Morgan fingerprint density at radius 2 is 1.94 bits per heavy atom. The van der Waals surface area contributed by atoms with E-state index in [1.165, 1.54) is 13.8 Å². The lowest BCUT2D eigenvalue weighted by atomic mass is 9.89. The first kappa shape index (κ1) is 13.1.